The van der Waals surface area contributed by atoms with Gasteiger partial charge in [-0.3, -0.25) is 28.8 Å². The standard InChI is InChI=1S/C22H31BrO7/c1-16(24)2-3-17(25)4-5-18(26)6-7-19(27)8-9-20(28)10-11-21(29)12-13-22(30)14-15-23/h2-15H2,1H3. The summed E-state index contributed by atoms with van der Waals surface area (Å²) in [7, 11) is 0. The molecule has 0 saturated carbocycles. The van der Waals surface area contributed by atoms with Crippen LogP contribution in [0.15, 0.2) is 0 Å². The highest BCUT2D eigenvalue weighted by Crippen LogP contribution is 2.08. The van der Waals surface area contributed by atoms with Crippen LogP contribution in [0.2, 0.25) is 0 Å². The van der Waals surface area contributed by atoms with Crippen molar-refractivity contribution in [2.75, 3.05) is 5.33 Å². The molecule has 0 aromatic rings. The molecule has 0 aliphatic rings. The van der Waals surface area contributed by atoms with E-state index in [4.69, 9.17) is 0 Å². The first-order chi connectivity index (χ1) is 14.1. The minimum absolute atomic E-state index is 0.00659. The van der Waals surface area contributed by atoms with Crippen LogP contribution < -0.4 is 0 Å². The summed E-state index contributed by atoms with van der Waals surface area (Å²) in [6, 6.07) is 0. The average Bonchev–Trinajstić information content (AvgIpc) is 2.70. The molecule has 0 amide bonds. The molecule has 168 valence electrons. The second-order valence-corrected chi connectivity index (χ2v) is 8.17. The Morgan fingerprint density at radius 1 is 0.400 bits per heavy atom. The number of carbonyl (C=O) groups is 7. The van der Waals surface area contributed by atoms with Gasteiger partial charge in [0, 0.05) is 88.8 Å². The minimum Gasteiger partial charge on any atom is -0.300 e. The molecule has 0 aromatic heterocycles. The first-order valence-electron chi connectivity index (χ1n) is 10.3. The molecule has 0 saturated heterocycles. The molecule has 7 nitrogen and oxygen atoms in total. The highest BCUT2D eigenvalue weighted by atomic mass is 79.9. The van der Waals surface area contributed by atoms with E-state index < -0.39 is 0 Å². The van der Waals surface area contributed by atoms with Gasteiger partial charge in [0.15, 0.2) is 0 Å². The van der Waals surface area contributed by atoms with Crippen molar-refractivity contribution in [3.05, 3.63) is 0 Å². The van der Waals surface area contributed by atoms with Crippen LogP contribution in [0.4, 0.5) is 0 Å². The van der Waals surface area contributed by atoms with Gasteiger partial charge >= 0.3 is 0 Å². The highest BCUT2D eigenvalue weighted by molar-refractivity contribution is 9.09. The quantitative estimate of drug-likeness (QED) is 0.241. The van der Waals surface area contributed by atoms with Gasteiger partial charge in [-0.15, -0.1) is 0 Å². The maximum Gasteiger partial charge on any atom is 0.134 e. The van der Waals surface area contributed by atoms with Crippen LogP contribution in [0.3, 0.4) is 0 Å². The predicted molar refractivity (Wildman–Crippen MR) is 115 cm³/mol. The number of Topliss-reactive ketones (excluding diaryl/α,β-unsaturated/α-hetero) is 7. The number of rotatable bonds is 20. The van der Waals surface area contributed by atoms with Crippen LogP contribution in [0.1, 0.15) is 90.4 Å². The summed E-state index contributed by atoms with van der Waals surface area (Å²) in [6.07, 6.45) is 1.42. The lowest BCUT2D eigenvalue weighted by molar-refractivity contribution is -0.128. The number of ketones is 7. The zero-order chi connectivity index (χ0) is 22.9. The van der Waals surface area contributed by atoms with Gasteiger partial charge < -0.3 is 4.79 Å². The van der Waals surface area contributed by atoms with Crippen LogP contribution >= 0.6 is 15.9 Å². The average molecular weight is 487 g/mol. The van der Waals surface area contributed by atoms with Gasteiger partial charge in [-0.25, -0.2) is 0 Å². The molecular formula is C22H31BrO7. The second kappa shape index (κ2) is 16.9. The van der Waals surface area contributed by atoms with Gasteiger partial charge in [-0.2, -0.15) is 0 Å². The summed E-state index contributed by atoms with van der Waals surface area (Å²) in [4.78, 5) is 80.8. The van der Waals surface area contributed by atoms with Crippen molar-refractivity contribution in [1.29, 1.82) is 0 Å². The normalized spacial score (nSPS) is 10.5. The second-order valence-electron chi connectivity index (χ2n) is 7.37. The van der Waals surface area contributed by atoms with E-state index in [9.17, 15) is 33.6 Å². The lowest BCUT2D eigenvalue weighted by atomic mass is 10.0. The third-order valence-corrected chi connectivity index (χ3v) is 4.94. The van der Waals surface area contributed by atoms with Crippen LogP contribution in [0, 0.1) is 0 Å². The van der Waals surface area contributed by atoms with Gasteiger partial charge in [-0.1, -0.05) is 15.9 Å². The number of carbonyl (C=O) groups excluding carboxylic acids is 7. The Kier molecular flexibility index (Phi) is 15.9. The van der Waals surface area contributed by atoms with Gasteiger partial charge in [0.25, 0.3) is 0 Å². The molecule has 0 radical (unpaired) electrons. The van der Waals surface area contributed by atoms with Crippen LogP contribution in [0.25, 0.3) is 0 Å². The third-order valence-electron chi connectivity index (χ3n) is 4.54. The summed E-state index contributed by atoms with van der Waals surface area (Å²) < 4.78 is 0. The Hall–Kier alpha value is -1.83. The van der Waals surface area contributed by atoms with E-state index in [1.54, 1.807) is 0 Å². The van der Waals surface area contributed by atoms with Crippen LogP contribution in [-0.4, -0.2) is 45.8 Å². The molecule has 0 atom stereocenters. The Balaban J connectivity index is 3.86. The molecule has 0 spiro atoms. The minimum atomic E-state index is -0.202. The van der Waals surface area contributed by atoms with Crippen molar-refractivity contribution >= 4 is 56.4 Å². The zero-order valence-electron chi connectivity index (χ0n) is 17.6. The van der Waals surface area contributed by atoms with E-state index >= 15 is 0 Å². The topological polar surface area (TPSA) is 119 Å². The molecule has 30 heavy (non-hydrogen) atoms. The molecule has 0 aromatic carbocycles. The molecule has 0 N–H and O–H groups in total. The van der Waals surface area contributed by atoms with E-state index in [1.165, 1.54) is 6.92 Å². The molecule has 0 aliphatic heterocycles. The van der Waals surface area contributed by atoms with Gasteiger partial charge in [0.05, 0.1) is 0 Å². The smallest absolute Gasteiger partial charge is 0.134 e. The van der Waals surface area contributed by atoms with Gasteiger partial charge in [0.2, 0.25) is 0 Å². The Morgan fingerprint density at radius 2 is 0.600 bits per heavy atom. The lowest BCUT2D eigenvalue weighted by Crippen LogP contribution is -2.10. The van der Waals surface area contributed by atoms with Gasteiger partial charge in [-0.05, 0) is 6.92 Å². The van der Waals surface area contributed by atoms with Crippen molar-refractivity contribution in [1.82, 2.24) is 0 Å². The molecule has 0 unspecified atom stereocenters. The molecule has 0 fully saturated rings. The summed E-state index contributed by atoms with van der Waals surface area (Å²) in [5, 5.41) is 0.567. The molecule has 0 aliphatic carbocycles. The fraction of sp³-hybridized carbons (Fsp3) is 0.682. The number of hydrogen-bond acceptors (Lipinski definition) is 7. The van der Waals surface area contributed by atoms with Crippen molar-refractivity contribution in [3.63, 3.8) is 0 Å². The maximum absolute atomic E-state index is 11.8. The Labute approximate surface area is 185 Å². The fourth-order valence-corrected chi connectivity index (χ4v) is 3.01. The predicted octanol–water partition coefficient (Wildman–Crippen LogP) is 3.46. The van der Waals surface area contributed by atoms with Crippen molar-refractivity contribution < 1.29 is 33.6 Å². The summed E-state index contributed by atoms with van der Waals surface area (Å²) >= 11 is 3.16. The number of alkyl halides is 1. The fourth-order valence-electron chi connectivity index (χ4n) is 2.57. The van der Waals surface area contributed by atoms with E-state index in [-0.39, 0.29) is 118 Å². The highest BCUT2D eigenvalue weighted by Gasteiger charge is 2.13. The monoisotopic (exact) mass is 486 g/mol. The zero-order valence-corrected chi connectivity index (χ0v) is 19.2. The van der Waals surface area contributed by atoms with E-state index in [0.29, 0.717) is 11.8 Å². The number of hydrogen-bond donors (Lipinski definition) is 0. The van der Waals surface area contributed by atoms with E-state index in [0.717, 1.165) is 0 Å². The number of halogens is 1. The molecule has 0 rings (SSSR count). The molecule has 0 bridgehead atoms. The first kappa shape index (κ1) is 28.2. The molecule has 0 heterocycles. The summed E-state index contributed by atoms with van der Waals surface area (Å²) in [5.41, 5.74) is 0. The van der Waals surface area contributed by atoms with Crippen LogP contribution in [-0.2, 0) is 33.6 Å². The van der Waals surface area contributed by atoms with E-state index in [1.807, 2.05) is 0 Å². The van der Waals surface area contributed by atoms with Crippen molar-refractivity contribution in [2.45, 2.75) is 90.4 Å². The van der Waals surface area contributed by atoms with Crippen molar-refractivity contribution in [2.24, 2.45) is 0 Å². The first-order valence-corrected chi connectivity index (χ1v) is 11.4. The van der Waals surface area contributed by atoms with Crippen LogP contribution in [0.5, 0.6) is 0 Å². The maximum atomic E-state index is 11.8. The SMILES string of the molecule is CC(=O)CCC(=O)CCC(=O)CCC(=O)CCC(=O)CCC(=O)CCC(=O)CCBr. The summed E-state index contributed by atoms with van der Waals surface area (Å²) in [5.74, 6) is -0.923. The lowest BCUT2D eigenvalue weighted by Gasteiger charge is -2.03. The third kappa shape index (κ3) is 17.1. The summed E-state index contributed by atoms with van der Waals surface area (Å²) in [6.45, 7) is 1.40. The van der Waals surface area contributed by atoms with E-state index in [2.05, 4.69) is 15.9 Å². The largest absolute Gasteiger partial charge is 0.300 e. The molecule has 8 heteroatoms. The Morgan fingerprint density at radius 3 is 0.800 bits per heavy atom. The van der Waals surface area contributed by atoms with Gasteiger partial charge in [0.1, 0.15) is 40.5 Å². The Bertz CT molecular complexity index is 652. The van der Waals surface area contributed by atoms with Crippen molar-refractivity contribution in [3.8, 4) is 0 Å². The molecular weight excluding hydrogens is 456 g/mol.